The van der Waals surface area contributed by atoms with Gasteiger partial charge in [0.25, 0.3) is 0 Å². The molecule has 6 heterocycles. The van der Waals surface area contributed by atoms with E-state index in [1.165, 1.54) is 9.80 Å². The fraction of sp³-hybridized carbons (Fsp3) is 0.679. The van der Waals surface area contributed by atoms with Crippen molar-refractivity contribution in [3.05, 3.63) is 48.5 Å². The highest BCUT2D eigenvalue weighted by Crippen LogP contribution is 2.58. The first-order valence-corrected chi connectivity index (χ1v) is 27.7. The third-order valence-corrected chi connectivity index (χ3v) is 19.9. The Kier molecular flexibility index (Phi) is 10.7. The van der Waals surface area contributed by atoms with Crippen molar-refractivity contribution in [1.29, 1.82) is 0 Å². The molecule has 18 heteroatoms. The molecule has 14 atom stereocenters. The second kappa shape index (κ2) is 21.7. The van der Waals surface area contributed by atoms with Gasteiger partial charge in [-0.15, -0.1) is 24.8 Å². The molecule has 2 N–H and O–H groups in total. The molecule has 14 nitrogen and oxygen atoms in total. The number of aromatic nitrogens is 2. The maximum absolute atomic E-state index is 13.5. The highest BCUT2D eigenvalue weighted by molar-refractivity contribution is 7.14. The summed E-state index contributed by atoms with van der Waals surface area (Å²) in [6.07, 6.45) is 6.81. The molecule has 0 unspecified atom stereocenters. The van der Waals surface area contributed by atoms with E-state index in [0.717, 1.165) is 48.7 Å². The Balaban J connectivity index is 0.000000181. The van der Waals surface area contributed by atoms with Crippen molar-refractivity contribution in [3.8, 4) is 0 Å². The van der Waals surface area contributed by atoms with Gasteiger partial charge in [0.05, 0.1) is 56.2 Å². The van der Waals surface area contributed by atoms with Gasteiger partial charge in [-0.3, -0.25) is 38.8 Å². The van der Waals surface area contributed by atoms with E-state index < -0.39 is 99.7 Å². The Morgan fingerprint density at radius 1 is 0.486 bits per heavy atom. The molecule has 0 spiro atoms. The number of amides is 4. The van der Waals surface area contributed by atoms with Crippen molar-refractivity contribution in [3.63, 3.8) is 0 Å². The topological polar surface area (TPSA) is 154 Å². The lowest BCUT2D eigenvalue weighted by atomic mass is 9.78. The second-order valence-corrected chi connectivity index (χ2v) is 23.6. The van der Waals surface area contributed by atoms with E-state index in [0.29, 0.717) is 91.1 Å². The summed E-state index contributed by atoms with van der Waals surface area (Å²) < 4.78 is 153. The Bertz CT molecular complexity index is 3190. The van der Waals surface area contributed by atoms with Crippen LogP contribution in [0.4, 0.5) is 11.6 Å². The van der Waals surface area contributed by atoms with Crippen LogP contribution >= 0.6 is 47.9 Å². The van der Waals surface area contributed by atoms with Crippen LogP contribution in [0.5, 0.6) is 0 Å². The number of piperazine rings is 2. The van der Waals surface area contributed by atoms with E-state index in [9.17, 15) is 29.4 Å². The average Bonchev–Trinajstić information content (AvgIpc) is 1.04. The summed E-state index contributed by atoms with van der Waals surface area (Å²) in [6.45, 7) is -24.4. The van der Waals surface area contributed by atoms with Gasteiger partial charge in [-0.25, -0.2) is 0 Å². The summed E-state index contributed by atoms with van der Waals surface area (Å²) in [6, 6.07) is 13.6. The average molecular weight is 1110 g/mol. The van der Waals surface area contributed by atoms with E-state index in [1.54, 1.807) is 48.5 Å². The first kappa shape index (κ1) is 36.6. The lowest BCUT2D eigenvalue weighted by molar-refractivity contribution is -0.143. The molecule has 0 radical (unpaired) electrons. The van der Waals surface area contributed by atoms with E-state index in [4.69, 9.17) is 21.9 Å². The summed E-state index contributed by atoms with van der Waals surface area (Å²) in [5.74, 6) is -4.87. The predicted octanol–water partition coefficient (Wildman–Crippen LogP) is 7.30. The monoisotopic (exact) mass is 1100 g/mol. The number of rotatable bonds is 10. The fourth-order valence-corrected chi connectivity index (χ4v) is 16.3. The molecule has 4 saturated heterocycles. The van der Waals surface area contributed by atoms with Gasteiger partial charge in [-0.05, 0) is 146 Å². The van der Waals surface area contributed by atoms with Gasteiger partial charge in [-0.2, -0.15) is 8.75 Å². The van der Waals surface area contributed by atoms with Gasteiger partial charge < -0.3 is 20.0 Å². The van der Waals surface area contributed by atoms with E-state index in [1.807, 2.05) is 0 Å². The Labute approximate surface area is 478 Å². The number of aliphatic hydroxyl groups is 2. The van der Waals surface area contributed by atoms with Crippen LogP contribution in [0.3, 0.4) is 0 Å². The van der Waals surface area contributed by atoms with Crippen molar-refractivity contribution in [2.75, 3.05) is 88.0 Å². The Morgan fingerprint density at radius 2 is 0.838 bits per heavy atom. The minimum absolute atomic E-state index is 0. The third kappa shape index (κ3) is 9.38. The molecule has 14 rings (SSSR count). The summed E-state index contributed by atoms with van der Waals surface area (Å²) in [5, 5.41) is 21.6. The molecule has 4 amide bonds. The van der Waals surface area contributed by atoms with Crippen LogP contribution < -0.4 is 9.80 Å². The van der Waals surface area contributed by atoms with Crippen LogP contribution in [0.15, 0.2) is 48.5 Å². The molecule has 4 aromatic rings. The highest BCUT2D eigenvalue weighted by Gasteiger charge is 2.65. The minimum Gasteiger partial charge on any atom is -0.393 e. The molecule has 4 bridgehead atoms. The highest BCUT2D eigenvalue weighted by atomic mass is 35.5. The Morgan fingerprint density at radius 3 is 1.23 bits per heavy atom. The molecular formula is C56H74Cl2N8O6S2. The van der Waals surface area contributed by atoms with Crippen LogP contribution in [0.2, 0.25) is 0 Å². The van der Waals surface area contributed by atoms with E-state index in [-0.39, 0.29) is 122 Å². The Hall–Kier alpha value is -3.48. The zero-order valence-corrected chi connectivity index (χ0v) is 44.0. The molecule has 4 aliphatic heterocycles. The smallest absolute Gasteiger partial charge is 0.233 e. The van der Waals surface area contributed by atoms with Crippen LogP contribution in [-0.4, -0.2) is 153 Å². The third-order valence-electron chi connectivity index (χ3n) is 18.3. The quantitative estimate of drug-likeness (QED) is 0.153. The number of benzene rings is 2. The largest absolute Gasteiger partial charge is 0.393 e. The van der Waals surface area contributed by atoms with Crippen LogP contribution in [0, 0.1) is 71.0 Å². The van der Waals surface area contributed by atoms with Crippen LogP contribution in [0.25, 0.3) is 20.2 Å². The lowest BCUT2D eigenvalue weighted by Crippen LogP contribution is -2.49. The van der Waals surface area contributed by atoms with Crippen molar-refractivity contribution < 1.29 is 51.3 Å². The van der Waals surface area contributed by atoms with Gasteiger partial charge in [0.2, 0.25) is 23.6 Å². The molecule has 2 aromatic heterocycles. The number of carbonyl (C=O) groups excluding carboxylic acids is 4. The zero-order valence-electron chi connectivity index (χ0n) is 56.8. The number of halogens is 2. The van der Waals surface area contributed by atoms with E-state index >= 15 is 0 Å². The molecule has 10 fully saturated rings. The normalized spacial score (nSPS) is 44.5. The number of hydrogen-bond donors (Lipinski definition) is 2. The number of imide groups is 2. The molecule has 2 aromatic carbocycles. The molecule has 6 aliphatic carbocycles. The summed E-state index contributed by atoms with van der Waals surface area (Å²) in [4.78, 5) is 58.9. The molecule has 74 heavy (non-hydrogen) atoms. The molecular weight excluding hydrogens is 1020 g/mol. The predicted molar refractivity (Wildman–Crippen MR) is 294 cm³/mol. The van der Waals surface area contributed by atoms with Gasteiger partial charge in [0.1, 0.15) is 11.6 Å². The summed E-state index contributed by atoms with van der Waals surface area (Å²) >= 11 is 2.01. The lowest BCUT2D eigenvalue weighted by Gasteiger charge is -2.40. The number of hydrogen-bond acceptors (Lipinski definition) is 14. The number of aliphatic hydroxyl groups excluding tert-OH is 2. The van der Waals surface area contributed by atoms with Gasteiger partial charge in [-0.1, -0.05) is 49.9 Å². The standard InChI is InChI=1S/2C28H36N4O3S.2ClH/c2*33-22-14-19-13-21(22)25-24(19)27(34)32(28(25)35)16-18-6-2-1-5-17(18)15-30-9-11-31(12-10-30)26-20-7-3-4-8-23(20)36-29-26;;/h2*3-4,7-8,17-19,21-22,24-25,33H,1-2,5-6,9-16H2;2*1H/t17-,18-,19+,21-,22-,24-,25+;17-,18-,19-,21+,22+,24+,25-;;/m00../s1/i2*9D2,10D2,11D2,12D2;;. The minimum atomic E-state index is -3.03. The van der Waals surface area contributed by atoms with Crippen molar-refractivity contribution in [1.82, 2.24) is 28.3 Å². The maximum Gasteiger partial charge on any atom is 0.233 e. The van der Waals surface area contributed by atoms with Gasteiger partial charge >= 0.3 is 0 Å². The zero-order chi connectivity index (χ0) is 63.1. The fourth-order valence-electron chi connectivity index (χ4n) is 14.8. The number of nitrogens with zero attached hydrogens (tertiary/aromatic N) is 8. The van der Waals surface area contributed by atoms with Crippen molar-refractivity contribution in [2.45, 2.75) is 89.3 Å². The van der Waals surface area contributed by atoms with Crippen molar-refractivity contribution in [2.24, 2.45) is 71.0 Å². The van der Waals surface area contributed by atoms with Gasteiger partial charge in [0, 0.05) is 99.9 Å². The molecule has 400 valence electrons. The van der Waals surface area contributed by atoms with E-state index in [2.05, 4.69) is 8.75 Å². The molecule has 10 aliphatic rings. The maximum atomic E-state index is 13.5. The number of likely N-dealkylation sites (tertiary alicyclic amines) is 2. The van der Waals surface area contributed by atoms with Gasteiger partial charge in [0.15, 0.2) is 0 Å². The summed E-state index contributed by atoms with van der Waals surface area (Å²) in [5.41, 5.74) is 0. The number of anilines is 2. The number of fused-ring (bicyclic) bond motifs is 12. The van der Waals surface area contributed by atoms with Crippen molar-refractivity contribution >= 4 is 103 Å². The second-order valence-electron chi connectivity index (χ2n) is 22.0. The SMILES string of the molecule is Cl.Cl.[2H]C1([2H])N(C[C@@H]2CCCC[C@H]2CN2C(=O)[C@@H]3[C@H]4C[C@@H]([C@@H]3C2=O)[C@H](O)C4)C([2H])([2H])C([2H])([2H])N(c2nsc3ccccc23)C1([2H])[2H].[2H]C1([2H])N(C[C@@H]2CCCC[C@H]2CN2C(=O)[C@@H]3[C@H]4C[C@H](C[C@@H]4O)[C@@H]3C2=O)C([2H])([2H])C([2H])([2H])N(c2nsc3ccccc23)C1([2H])[2H]. The first-order valence-electron chi connectivity index (χ1n) is 34.1. The van der Waals surface area contributed by atoms with Crippen LogP contribution in [-0.2, 0) is 19.2 Å². The summed E-state index contributed by atoms with van der Waals surface area (Å²) in [7, 11) is 0. The first-order chi connectivity index (χ1) is 41.2. The number of carbonyl (C=O) groups is 4. The molecule has 6 saturated carbocycles. The van der Waals surface area contributed by atoms with Crippen LogP contribution in [0.1, 0.15) is 99.0 Å².